The van der Waals surface area contributed by atoms with Crippen molar-refractivity contribution in [1.82, 2.24) is 10.9 Å². The fraction of sp³-hybridized carbons (Fsp3) is 0.500. The quantitative estimate of drug-likeness (QED) is 0.420. The van der Waals surface area contributed by atoms with Crippen molar-refractivity contribution in [1.29, 1.82) is 0 Å². The van der Waals surface area contributed by atoms with Crippen molar-refractivity contribution >= 4 is 11.9 Å². The largest absolute Gasteiger partial charge is 0.364 e. The van der Waals surface area contributed by atoms with Gasteiger partial charge in [0.05, 0.1) is 6.61 Å². The molecule has 0 rings (SSSR count). The van der Waals surface area contributed by atoms with E-state index in [1.807, 2.05) is 5.43 Å². The van der Waals surface area contributed by atoms with E-state index >= 15 is 0 Å². The number of rotatable bonds is 5. The van der Waals surface area contributed by atoms with Crippen LogP contribution in [0.1, 0.15) is 13.3 Å². The molecule has 0 fully saturated rings. The lowest BCUT2D eigenvalue weighted by atomic mass is 10.2. The van der Waals surface area contributed by atoms with Gasteiger partial charge in [-0.2, -0.15) is 0 Å². The molecule has 3 amide bonds. The second-order valence-electron chi connectivity index (χ2n) is 2.50. The first-order valence-corrected chi connectivity index (χ1v) is 4.19. The number of ether oxygens (including phenoxy) is 1. The van der Waals surface area contributed by atoms with E-state index in [2.05, 4.69) is 12.0 Å². The van der Waals surface area contributed by atoms with Crippen LogP contribution in [0.25, 0.3) is 0 Å². The fourth-order valence-electron chi connectivity index (χ4n) is 0.767. The van der Waals surface area contributed by atoms with Gasteiger partial charge in [0, 0.05) is 0 Å². The number of carbonyl (C=O) groups is 2. The van der Waals surface area contributed by atoms with Crippen LogP contribution in [0.2, 0.25) is 0 Å². The van der Waals surface area contributed by atoms with Crippen molar-refractivity contribution in [3.63, 3.8) is 0 Å². The zero-order valence-electron chi connectivity index (χ0n) is 8.08. The maximum Gasteiger partial charge on any atom is 0.330 e. The van der Waals surface area contributed by atoms with Crippen LogP contribution in [-0.4, -0.2) is 24.6 Å². The van der Waals surface area contributed by atoms with Crippen LogP contribution in [0.4, 0.5) is 4.79 Å². The highest BCUT2D eigenvalue weighted by atomic mass is 16.5. The van der Waals surface area contributed by atoms with Crippen LogP contribution in [0.3, 0.4) is 0 Å². The van der Waals surface area contributed by atoms with E-state index in [0.29, 0.717) is 6.42 Å². The average Bonchev–Trinajstić information content (AvgIpc) is 2.16. The molecule has 0 aliphatic carbocycles. The molecular formula is C8H15N3O3. The first kappa shape index (κ1) is 12.4. The van der Waals surface area contributed by atoms with E-state index in [0.717, 1.165) is 0 Å². The number of nitrogens with two attached hydrogens (primary N) is 1. The van der Waals surface area contributed by atoms with E-state index < -0.39 is 18.0 Å². The molecule has 14 heavy (non-hydrogen) atoms. The lowest BCUT2D eigenvalue weighted by Crippen LogP contribution is -2.48. The molecule has 0 heterocycles. The molecule has 0 aliphatic heterocycles. The van der Waals surface area contributed by atoms with E-state index in [4.69, 9.17) is 10.5 Å². The second kappa shape index (κ2) is 6.90. The van der Waals surface area contributed by atoms with Crippen molar-refractivity contribution in [2.75, 3.05) is 6.61 Å². The number of urea groups is 1. The zero-order valence-corrected chi connectivity index (χ0v) is 8.08. The van der Waals surface area contributed by atoms with Crippen molar-refractivity contribution in [3.8, 4) is 0 Å². The minimum atomic E-state index is -0.822. The SMILES string of the molecule is C=CCOC(CC)C(=O)NNC(N)=O. The molecule has 1 unspecified atom stereocenters. The van der Waals surface area contributed by atoms with Gasteiger partial charge in [0.15, 0.2) is 0 Å². The standard InChI is InChI=1S/C8H15N3O3/c1-3-5-14-6(4-2)7(12)10-11-8(9)13/h3,6H,1,4-5H2,2H3,(H,10,12)(H3,9,11,13). The number of hydrogen-bond acceptors (Lipinski definition) is 3. The molecule has 0 saturated heterocycles. The number of amides is 3. The highest BCUT2D eigenvalue weighted by molar-refractivity contribution is 5.83. The molecule has 6 nitrogen and oxygen atoms in total. The molecule has 0 spiro atoms. The van der Waals surface area contributed by atoms with Gasteiger partial charge in [-0.3, -0.25) is 10.2 Å². The molecule has 80 valence electrons. The lowest BCUT2D eigenvalue weighted by Gasteiger charge is -2.14. The van der Waals surface area contributed by atoms with Crippen LogP contribution < -0.4 is 16.6 Å². The number of hydrazine groups is 1. The summed E-state index contributed by atoms with van der Waals surface area (Å²) in [5, 5.41) is 0. The fourth-order valence-corrected chi connectivity index (χ4v) is 0.767. The Kier molecular flexibility index (Phi) is 6.13. The van der Waals surface area contributed by atoms with Gasteiger partial charge in [-0.15, -0.1) is 6.58 Å². The molecule has 0 saturated carbocycles. The molecule has 0 aromatic carbocycles. The molecule has 1 atom stereocenters. The van der Waals surface area contributed by atoms with Crippen LogP contribution in [0.15, 0.2) is 12.7 Å². The Morgan fingerprint density at radius 1 is 1.57 bits per heavy atom. The Labute approximate surface area is 82.5 Å². The van der Waals surface area contributed by atoms with E-state index in [9.17, 15) is 9.59 Å². The summed E-state index contributed by atoms with van der Waals surface area (Å²) in [7, 11) is 0. The predicted octanol–water partition coefficient (Wildman–Crippen LogP) is -0.333. The Hall–Kier alpha value is -1.56. The Balaban J connectivity index is 3.90. The average molecular weight is 201 g/mol. The molecule has 0 aliphatic rings. The van der Waals surface area contributed by atoms with E-state index in [-0.39, 0.29) is 6.61 Å². The first-order chi connectivity index (χ1) is 6.61. The highest BCUT2D eigenvalue weighted by Crippen LogP contribution is 1.97. The van der Waals surface area contributed by atoms with Crippen molar-refractivity contribution < 1.29 is 14.3 Å². The summed E-state index contributed by atoms with van der Waals surface area (Å²) in [5.74, 6) is -0.437. The van der Waals surface area contributed by atoms with Crippen molar-refractivity contribution in [3.05, 3.63) is 12.7 Å². The molecular weight excluding hydrogens is 186 g/mol. The summed E-state index contributed by atoms with van der Waals surface area (Å²) in [5.41, 5.74) is 8.85. The van der Waals surface area contributed by atoms with E-state index in [1.165, 1.54) is 6.08 Å². The molecule has 6 heteroatoms. The monoisotopic (exact) mass is 201 g/mol. The molecule has 0 bridgehead atoms. The van der Waals surface area contributed by atoms with Gasteiger partial charge in [-0.1, -0.05) is 13.0 Å². The second-order valence-corrected chi connectivity index (χ2v) is 2.50. The van der Waals surface area contributed by atoms with Crippen LogP contribution in [-0.2, 0) is 9.53 Å². The summed E-state index contributed by atoms with van der Waals surface area (Å²) < 4.78 is 5.11. The van der Waals surface area contributed by atoms with Crippen LogP contribution >= 0.6 is 0 Å². The Bertz CT molecular complexity index is 218. The van der Waals surface area contributed by atoms with Crippen molar-refractivity contribution in [2.45, 2.75) is 19.4 Å². The summed E-state index contributed by atoms with van der Waals surface area (Å²) in [6, 6.07) is -0.822. The van der Waals surface area contributed by atoms with Gasteiger partial charge < -0.3 is 10.5 Å². The topological polar surface area (TPSA) is 93.4 Å². The highest BCUT2D eigenvalue weighted by Gasteiger charge is 2.16. The third-order valence-corrected chi connectivity index (χ3v) is 1.39. The van der Waals surface area contributed by atoms with Gasteiger partial charge >= 0.3 is 6.03 Å². The summed E-state index contributed by atoms with van der Waals surface area (Å²) >= 11 is 0. The van der Waals surface area contributed by atoms with Gasteiger partial charge in [-0.05, 0) is 6.42 Å². The maximum absolute atomic E-state index is 11.2. The van der Waals surface area contributed by atoms with Gasteiger partial charge in [-0.25, -0.2) is 10.2 Å². The Morgan fingerprint density at radius 2 is 2.21 bits per heavy atom. The predicted molar refractivity (Wildman–Crippen MR) is 51.1 cm³/mol. The van der Waals surface area contributed by atoms with Gasteiger partial charge in [0.2, 0.25) is 0 Å². The van der Waals surface area contributed by atoms with E-state index in [1.54, 1.807) is 6.92 Å². The molecule has 0 aromatic heterocycles. The Morgan fingerprint density at radius 3 is 2.64 bits per heavy atom. The number of nitrogens with one attached hydrogen (secondary N) is 2. The molecule has 0 aromatic rings. The molecule has 0 radical (unpaired) electrons. The van der Waals surface area contributed by atoms with Gasteiger partial charge in [0.25, 0.3) is 5.91 Å². The number of hydrogen-bond donors (Lipinski definition) is 3. The number of carbonyl (C=O) groups excluding carboxylic acids is 2. The summed E-state index contributed by atoms with van der Waals surface area (Å²) in [6.45, 7) is 5.52. The molecule has 4 N–H and O–H groups in total. The third-order valence-electron chi connectivity index (χ3n) is 1.39. The smallest absolute Gasteiger partial charge is 0.330 e. The number of primary amides is 1. The van der Waals surface area contributed by atoms with Crippen LogP contribution in [0.5, 0.6) is 0 Å². The maximum atomic E-state index is 11.2. The lowest BCUT2D eigenvalue weighted by molar-refractivity contribution is -0.132. The minimum Gasteiger partial charge on any atom is -0.364 e. The normalized spacial score (nSPS) is 11.5. The van der Waals surface area contributed by atoms with Gasteiger partial charge in [0.1, 0.15) is 6.10 Å². The summed E-state index contributed by atoms with van der Waals surface area (Å²) in [6.07, 6.45) is 1.43. The van der Waals surface area contributed by atoms with Crippen LogP contribution in [0, 0.1) is 0 Å². The first-order valence-electron chi connectivity index (χ1n) is 4.19. The van der Waals surface area contributed by atoms with Crippen molar-refractivity contribution in [2.24, 2.45) is 5.73 Å². The zero-order chi connectivity index (χ0) is 11.0. The summed E-state index contributed by atoms with van der Waals surface area (Å²) in [4.78, 5) is 21.5. The third kappa shape index (κ3) is 5.15. The minimum absolute atomic E-state index is 0.280.